The van der Waals surface area contributed by atoms with Crippen LogP contribution in [0.2, 0.25) is 5.02 Å². The summed E-state index contributed by atoms with van der Waals surface area (Å²) in [5.41, 5.74) is 1.51. The summed E-state index contributed by atoms with van der Waals surface area (Å²) in [6.45, 7) is 0. The molecular formula is C15H9ClN4O. The summed E-state index contributed by atoms with van der Waals surface area (Å²) >= 11 is 5.92. The molecule has 0 spiro atoms. The molecule has 0 saturated carbocycles. The number of benzene rings is 1. The van der Waals surface area contributed by atoms with Gasteiger partial charge in [0, 0.05) is 17.4 Å². The second-order valence-electron chi connectivity index (χ2n) is 4.45. The van der Waals surface area contributed by atoms with Gasteiger partial charge >= 0.3 is 0 Å². The standard InChI is InChI=1S/C15H9ClN4O/c16-11-3-1-2-10(6-11)12(7-17)15(21)13-8-19-20-5-4-18-9-14(13)20/h1-6,8-9,12H. The summed E-state index contributed by atoms with van der Waals surface area (Å²) < 4.78 is 1.55. The molecule has 0 amide bonds. The van der Waals surface area contributed by atoms with E-state index in [1.807, 2.05) is 6.07 Å². The van der Waals surface area contributed by atoms with Gasteiger partial charge in [0.15, 0.2) is 5.78 Å². The van der Waals surface area contributed by atoms with Crippen molar-refractivity contribution in [2.75, 3.05) is 0 Å². The van der Waals surface area contributed by atoms with E-state index in [2.05, 4.69) is 10.1 Å². The second-order valence-corrected chi connectivity index (χ2v) is 4.88. The lowest BCUT2D eigenvalue weighted by molar-refractivity contribution is 0.0980. The van der Waals surface area contributed by atoms with Gasteiger partial charge in [-0.15, -0.1) is 0 Å². The molecule has 0 aliphatic rings. The highest BCUT2D eigenvalue weighted by Gasteiger charge is 2.24. The van der Waals surface area contributed by atoms with Crippen LogP contribution >= 0.6 is 11.6 Å². The lowest BCUT2D eigenvalue weighted by Crippen LogP contribution is -2.11. The van der Waals surface area contributed by atoms with Gasteiger partial charge in [-0.3, -0.25) is 9.78 Å². The number of fused-ring (bicyclic) bond motifs is 1. The number of carbonyl (C=O) groups excluding carboxylic acids is 1. The van der Waals surface area contributed by atoms with Gasteiger partial charge in [-0.2, -0.15) is 10.4 Å². The Kier molecular flexibility index (Phi) is 3.38. The molecule has 0 aliphatic heterocycles. The van der Waals surface area contributed by atoms with E-state index in [0.717, 1.165) is 0 Å². The van der Waals surface area contributed by atoms with Crippen LogP contribution in [-0.2, 0) is 0 Å². The molecule has 21 heavy (non-hydrogen) atoms. The largest absolute Gasteiger partial charge is 0.292 e. The maximum absolute atomic E-state index is 12.6. The van der Waals surface area contributed by atoms with Crippen molar-refractivity contribution in [3.63, 3.8) is 0 Å². The molecule has 0 aliphatic carbocycles. The van der Waals surface area contributed by atoms with Crippen molar-refractivity contribution in [1.82, 2.24) is 14.6 Å². The average molecular weight is 297 g/mol. The van der Waals surface area contributed by atoms with Gasteiger partial charge in [0.1, 0.15) is 5.92 Å². The van der Waals surface area contributed by atoms with Crippen molar-refractivity contribution in [2.45, 2.75) is 5.92 Å². The molecule has 0 radical (unpaired) electrons. The lowest BCUT2D eigenvalue weighted by atomic mass is 9.92. The van der Waals surface area contributed by atoms with E-state index in [1.54, 1.807) is 47.4 Å². The number of ketones is 1. The Hall–Kier alpha value is -2.71. The number of nitrogens with zero attached hydrogens (tertiary/aromatic N) is 4. The Morgan fingerprint density at radius 2 is 2.24 bits per heavy atom. The minimum Gasteiger partial charge on any atom is -0.292 e. The summed E-state index contributed by atoms with van der Waals surface area (Å²) in [7, 11) is 0. The number of aromatic nitrogens is 3. The van der Waals surface area contributed by atoms with Crippen LogP contribution in [0.5, 0.6) is 0 Å². The summed E-state index contributed by atoms with van der Waals surface area (Å²) in [5.74, 6) is -1.24. The molecule has 5 nitrogen and oxygen atoms in total. The predicted molar refractivity (Wildman–Crippen MR) is 77.1 cm³/mol. The van der Waals surface area contributed by atoms with E-state index in [0.29, 0.717) is 21.7 Å². The first kappa shape index (κ1) is 13.3. The molecule has 2 heterocycles. The third kappa shape index (κ3) is 2.37. The van der Waals surface area contributed by atoms with Gasteiger partial charge < -0.3 is 0 Å². The second kappa shape index (κ2) is 5.35. The molecule has 6 heteroatoms. The molecule has 0 fully saturated rings. The monoisotopic (exact) mass is 296 g/mol. The molecule has 0 bridgehead atoms. The van der Waals surface area contributed by atoms with Crippen molar-refractivity contribution in [3.05, 3.63) is 65.2 Å². The fourth-order valence-electron chi connectivity index (χ4n) is 2.15. The quantitative estimate of drug-likeness (QED) is 0.697. The van der Waals surface area contributed by atoms with Gasteiger partial charge in [-0.05, 0) is 17.7 Å². The Bertz CT molecular complexity index is 865. The zero-order valence-corrected chi connectivity index (χ0v) is 11.5. The van der Waals surface area contributed by atoms with E-state index in [4.69, 9.17) is 11.6 Å². The van der Waals surface area contributed by atoms with E-state index < -0.39 is 5.92 Å². The average Bonchev–Trinajstić information content (AvgIpc) is 2.92. The molecule has 2 aromatic heterocycles. The summed E-state index contributed by atoms with van der Waals surface area (Å²) in [6.07, 6.45) is 6.22. The predicted octanol–water partition coefficient (Wildman–Crippen LogP) is 2.87. The van der Waals surface area contributed by atoms with Crippen LogP contribution in [0, 0.1) is 11.3 Å². The highest BCUT2D eigenvalue weighted by atomic mass is 35.5. The Morgan fingerprint density at radius 3 is 3.00 bits per heavy atom. The highest BCUT2D eigenvalue weighted by molar-refractivity contribution is 6.30. The minimum atomic E-state index is -0.920. The zero-order valence-electron chi connectivity index (χ0n) is 10.8. The Labute approximate surface area is 125 Å². The van der Waals surface area contributed by atoms with Crippen LogP contribution < -0.4 is 0 Å². The van der Waals surface area contributed by atoms with E-state index in [-0.39, 0.29) is 5.78 Å². The fourth-order valence-corrected chi connectivity index (χ4v) is 2.35. The molecule has 0 N–H and O–H groups in total. The van der Waals surface area contributed by atoms with Crippen molar-refractivity contribution >= 4 is 22.9 Å². The Balaban J connectivity index is 2.06. The number of halogens is 1. The molecule has 3 rings (SSSR count). The highest BCUT2D eigenvalue weighted by Crippen LogP contribution is 2.24. The first-order chi connectivity index (χ1) is 10.2. The molecule has 102 valence electrons. The van der Waals surface area contributed by atoms with Crippen LogP contribution in [0.3, 0.4) is 0 Å². The number of rotatable bonds is 3. The maximum atomic E-state index is 12.6. The summed E-state index contributed by atoms with van der Waals surface area (Å²) in [4.78, 5) is 16.6. The van der Waals surface area contributed by atoms with Gasteiger partial charge in [-0.1, -0.05) is 23.7 Å². The third-order valence-electron chi connectivity index (χ3n) is 3.16. The normalized spacial score (nSPS) is 12.0. The van der Waals surface area contributed by atoms with Crippen LogP contribution in [0.15, 0.2) is 49.1 Å². The van der Waals surface area contributed by atoms with E-state index >= 15 is 0 Å². The van der Waals surface area contributed by atoms with Crippen molar-refractivity contribution in [1.29, 1.82) is 5.26 Å². The van der Waals surface area contributed by atoms with Crippen LogP contribution in [0.25, 0.3) is 5.52 Å². The Morgan fingerprint density at radius 1 is 1.38 bits per heavy atom. The molecule has 3 aromatic rings. The van der Waals surface area contributed by atoms with Crippen molar-refractivity contribution in [2.24, 2.45) is 0 Å². The van der Waals surface area contributed by atoms with E-state index in [1.165, 1.54) is 6.20 Å². The molecule has 0 saturated heterocycles. The lowest BCUT2D eigenvalue weighted by Gasteiger charge is -2.08. The number of carbonyl (C=O) groups is 1. The topological polar surface area (TPSA) is 71.0 Å². The molecule has 1 aromatic carbocycles. The number of hydrogen-bond donors (Lipinski definition) is 0. The van der Waals surface area contributed by atoms with Gasteiger partial charge in [-0.25, -0.2) is 4.52 Å². The van der Waals surface area contributed by atoms with Gasteiger partial charge in [0.2, 0.25) is 0 Å². The first-order valence-corrected chi connectivity index (χ1v) is 6.55. The number of nitriles is 1. The van der Waals surface area contributed by atoms with Gasteiger partial charge in [0.25, 0.3) is 0 Å². The fraction of sp³-hybridized carbons (Fsp3) is 0.0667. The van der Waals surface area contributed by atoms with Crippen molar-refractivity contribution in [3.8, 4) is 6.07 Å². The number of hydrogen-bond acceptors (Lipinski definition) is 4. The molecule has 1 unspecified atom stereocenters. The van der Waals surface area contributed by atoms with Crippen LogP contribution in [0.1, 0.15) is 21.8 Å². The minimum absolute atomic E-state index is 0.317. The number of Topliss-reactive ketones (excluding diaryl/α,β-unsaturated/α-hetero) is 1. The summed E-state index contributed by atoms with van der Waals surface area (Å²) in [5, 5.41) is 13.9. The summed E-state index contributed by atoms with van der Waals surface area (Å²) in [6, 6.07) is 8.78. The third-order valence-corrected chi connectivity index (χ3v) is 3.40. The van der Waals surface area contributed by atoms with Crippen LogP contribution in [-0.4, -0.2) is 20.4 Å². The SMILES string of the molecule is N#CC(C(=O)c1cnn2ccncc12)c1cccc(Cl)c1. The molecular weight excluding hydrogens is 288 g/mol. The zero-order chi connectivity index (χ0) is 14.8. The van der Waals surface area contributed by atoms with Crippen molar-refractivity contribution < 1.29 is 4.79 Å². The van der Waals surface area contributed by atoms with Crippen LogP contribution in [0.4, 0.5) is 0 Å². The van der Waals surface area contributed by atoms with Gasteiger partial charge in [0.05, 0.1) is 29.5 Å². The molecule has 1 atom stereocenters. The maximum Gasteiger partial charge on any atom is 0.188 e. The first-order valence-electron chi connectivity index (χ1n) is 6.17. The van der Waals surface area contributed by atoms with E-state index in [9.17, 15) is 10.1 Å². The smallest absolute Gasteiger partial charge is 0.188 e.